The number of para-hydroxylation sites is 3. The number of benzene rings is 6. The highest BCUT2D eigenvalue weighted by molar-refractivity contribution is 8.02. The molecule has 6 heteroatoms. The van der Waals surface area contributed by atoms with E-state index in [0.717, 1.165) is 55.8 Å². The van der Waals surface area contributed by atoms with Gasteiger partial charge >= 0.3 is 0 Å². The molecule has 3 aromatic heterocycles. The van der Waals surface area contributed by atoms with E-state index < -0.39 is 5.41 Å². The van der Waals surface area contributed by atoms with Crippen LogP contribution in [-0.4, -0.2) is 15.0 Å². The molecule has 262 valence electrons. The Balaban J connectivity index is 1.10. The third kappa shape index (κ3) is 4.48. The Hall–Kier alpha value is -6.47. The maximum atomic E-state index is 5.30. The molecule has 0 N–H and O–H groups in total. The van der Waals surface area contributed by atoms with Crippen LogP contribution in [0.3, 0.4) is 0 Å². The minimum Gasteiger partial charge on any atom is -0.308 e. The summed E-state index contributed by atoms with van der Waals surface area (Å²) >= 11 is 3.76. The quantitative estimate of drug-likeness (QED) is 0.179. The van der Waals surface area contributed by atoms with Gasteiger partial charge in [-0.15, -0.1) is 0 Å². The summed E-state index contributed by atoms with van der Waals surface area (Å²) in [7, 11) is 0. The predicted molar refractivity (Wildman–Crippen MR) is 228 cm³/mol. The molecular formula is C50H30N4S2. The topological polar surface area (TPSA) is 41.9 Å². The first-order valence-corrected chi connectivity index (χ1v) is 20.4. The third-order valence-electron chi connectivity index (χ3n) is 11.4. The van der Waals surface area contributed by atoms with Crippen LogP contribution < -0.4 is 4.90 Å². The highest BCUT2D eigenvalue weighted by Crippen LogP contribution is 2.65. The van der Waals surface area contributed by atoms with Crippen molar-refractivity contribution in [1.29, 1.82) is 0 Å². The Morgan fingerprint density at radius 1 is 0.446 bits per heavy atom. The van der Waals surface area contributed by atoms with Gasteiger partial charge in [0.05, 0.1) is 38.6 Å². The molecule has 6 aromatic carbocycles. The van der Waals surface area contributed by atoms with Crippen molar-refractivity contribution in [2.75, 3.05) is 4.90 Å². The largest absolute Gasteiger partial charge is 0.308 e. The van der Waals surface area contributed by atoms with Crippen molar-refractivity contribution in [3.8, 4) is 33.6 Å². The van der Waals surface area contributed by atoms with Gasteiger partial charge in [-0.3, -0.25) is 15.0 Å². The van der Waals surface area contributed by atoms with Crippen LogP contribution in [0.4, 0.5) is 17.1 Å². The normalized spacial score (nSPS) is 15.8. The SMILES string of the molecule is c1ccc(N2c3ccccc3Sc3c2ccc2c3Sc3ccccc3C23c2cccnc2-c2ncc(-c4cccc(-c5cccc6cccnc56)c4)cc23)cc1. The molecule has 2 aliphatic heterocycles. The summed E-state index contributed by atoms with van der Waals surface area (Å²) in [6.07, 6.45) is 5.80. The molecule has 4 nitrogen and oxygen atoms in total. The van der Waals surface area contributed by atoms with E-state index in [1.807, 2.05) is 48.2 Å². The van der Waals surface area contributed by atoms with Crippen molar-refractivity contribution in [3.63, 3.8) is 0 Å². The Morgan fingerprint density at radius 3 is 2.12 bits per heavy atom. The Morgan fingerprint density at radius 2 is 1.18 bits per heavy atom. The van der Waals surface area contributed by atoms with Crippen LogP contribution in [0.5, 0.6) is 0 Å². The second-order valence-corrected chi connectivity index (χ2v) is 16.5. The molecule has 0 saturated carbocycles. The lowest BCUT2D eigenvalue weighted by Crippen LogP contribution is -2.32. The molecule has 56 heavy (non-hydrogen) atoms. The van der Waals surface area contributed by atoms with Crippen LogP contribution >= 0.6 is 23.5 Å². The zero-order chi connectivity index (χ0) is 36.8. The van der Waals surface area contributed by atoms with Crippen LogP contribution in [0.15, 0.2) is 202 Å². The fraction of sp³-hybridized carbons (Fsp3) is 0.0200. The molecule has 0 amide bonds. The van der Waals surface area contributed by atoms with Gasteiger partial charge in [0.2, 0.25) is 0 Å². The van der Waals surface area contributed by atoms with Crippen molar-refractivity contribution in [1.82, 2.24) is 15.0 Å². The number of fused-ring (bicyclic) bond motifs is 13. The fourth-order valence-electron chi connectivity index (χ4n) is 9.09. The molecule has 1 spiro atoms. The number of anilines is 3. The van der Waals surface area contributed by atoms with E-state index in [4.69, 9.17) is 15.0 Å². The average Bonchev–Trinajstić information content (AvgIpc) is 3.55. The Kier molecular flexibility index (Phi) is 6.98. The molecular weight excluding hydrogens is 721 g/mol. The third-order valence-corrected chi connectivity index (χ3v) is 14.0. The average molecular weight is 751 g/mol. The summed E-state index contributed by atoms with van der Waals surface area (Å²) in [6.45, 7) is 0. The second-order valence-electron chi connectivity index (χ2n) is 14.4. The number of rotatable bonds is 3. The predicted octanol–water partition coefficient (Wildman–Crippen LogP) is 13.1. The molecule has 3 aliphatic rings. The molecule has 0 fully saturated rings. The van der Waals surface area contributed by atoms with Crippen LogP contribution in [-0.2, 0) is 5.41 Å². The molecule has 0 bridgehead atoms. The van der Waals surface area contributed by atoms with Crippen LogP contribution in [0.1, 0.15) is 22.3 Å². The van der Waals surface area contributed by atoms with E-state index in [1.165, 1.54) is 47.6 Å². The number of pyridine rings is 3. The number of hydrogen-bond acceptors (Lipinski definition) is 6. The van der Waals surface area contributed by atoms with Crippen molar-refractivity contribution >= 4 is 51.5 Å². The molecule has 1 unspecified atom stereocenters. The van der Waals surface area contributed by atoms with Crippen molar-refractivity contribution in [3.05, 3.63) is 205 Å². The van der Waals surface area contributed by atoms with Gasteiger partial charge in [-0.2, -0.15) is 0 Å². The standard InChI is InChI=1S/C50H30N4S2/c1-2-16-35(17-3-1)54-41-21-5-7-23-44(41)56-49-42(54)25-24-39-48(49)55-43-22-6-4-19-37(43)50(39)38-20-11-27-52-46(38)47-40(50)29-34(30-53-47)32-13-8-14-33(28-32)36-18-9-12-31-15-10-26-51-45(31)36/h1-30H. The maximum absolute atomic E-state index is 5.30. The molecule has 0 saturated heterocycles. The lowest BCUT2D eigenvalue weighted by molar-refractivity contribution is 0.711. The zero-order valence-corrected chi connectivity index (χ0v) is 31.6. The number of hydrogen-bond donors (Lipinski definition) is 0. The molecule has 1 atom stereocenters. The van der Waals surface area contributed by atoms with E-state index in [0.29, 0.717) is 0 Å². The monoisotopic (exact) mass is 750 g/mol. The summed E-state index contributed by atoms with van der Waals surface area (Å²) in [5, 5.41) is 1.13. The summed E-state index contributed by atoms with van der Waals surface area (Å²) in [4.78, 5) is 22.6. The van der Waals surface area contributed by atoms with Gasteiger partial charge in [0.25, 0.3) is 0 Å². The van der Waals surface area contributed by atoms with Gasteiger partial charge < -0.3 is 4.90 Å². The van der Waals surface area contributed by atoms with Crippen molar-refractivity contribution in [2.45, 2.75) is 25.0 Å². The van der Waals surface area contributed by atoms with Crippen molar-refractivity contribution in [2.24, 2.45) is 0 Å². The van der Waals surface area contributed by atoms with Gasteiger partial charge in [0.1, 0.15) is 0 Å². The van der Waals surface area contributed by atoms with Gasteiger partial charge in [0.15, 0.2) is 0 Å². The first kappa shape index (κ1) is 31.8. The molecule has 1 aliphatic carbocycles. The highest BCUT2D eigenvalue weighted by Gasteiger charge is 2.52. The highest BCUT2D eigenvalue weighted by atomic mass is 32.2. The van der Waals surface area contributed by atoms with E-state index in [-0.39, 0.29) is 0 Å². The molecule has 0 radical (unpaired) electrons. The van der Waals surface area contributed by atoms with Crippen LogP contribution in [0.25, 0.3) is 44.5 Å². The van der Waals surface area contributed by atoms with Crippen LogP contribution in [0, 0.1) is 0 Å². The summed E-state index contributed by atoms with van der Waals surface area (Å²) < 4.78 is 0. The summed E-state index contributed by atoms with van der Waals surface area (Å²) in [6, 6.07) is 59.2. The first-order valence-electron chi connectivity index (χ1n) is 18.8. The smallest absolute Gasteiger partial charge is 0.0937 e. The molecule has 12 rings (SSSR count). The second kappa shape index (κ2) is 12.3. The number of aromatic nitrogens is 3. The van der Waals surface area contributed by atoms with E-state index >= 15 is 0 Å². The fourth-order valence-corrected chi connectivity index (χ4v) is 11.7. The summed E-state index contributed by atoms with van der Waals surface area (Å²) in [5.41, 5.74) is 15.1. The summed E-state index contributed by atoms with van der Waals surface area (Å²) in [5.74, 6) is 0. The van der Waals surface area contributed by atoms with Gasteiger partial charge in [-0.1, -0.05) is 127 Å². The molecule has 9 aromatic rings. The van der Waals surface area contributed by atoms with E-state index in [1.54, 1.807) is 0 Å². The van der Waals surface area contributed by atoms with E-state index in [2.05, 4.69) is 163 Å². The van der Waals surface area contributed by atoms with E-state index in [9.17, 15) is 0 Å². The van der Waals surface area contributed by atoms with Gasteiger partial charge in [-0.25, -0.2) is 0 Å². The molecule has 5 heterocycles. The van der Waals surface area contributed by atoms with Crippen molar-refractivity contribution < 1.29 is 0 Å². The zero-order valence-electron chi connectivity index (χ0n) is 29.9. The maximum Gasteiger partial charge on any atom is 0.0937 e. The van der Waals surface area contributed by atoms with Gasteiger partial charge in [0, 0.05) is 61.0 Å². The minimum absolute atomic E-state index is 0.625. The number of nitrogens with zero attached hydrogens (tertiary/aromatic N) is 4. The minimum atomic E-state index is -0.625. The lowest BCUT2D eigenvalue weighted by atomic mass is 9.67. The van der Waals surface area contributed by atoms with Crippen LogP contribution in [0.2, 0.25) is 0 Å². The van der Waals surface area contributed by atoms with Gasteiger partial charge in [-0.05, 0) is 88.5 Å². The lowest BCUT2D eigenvalue weighted by Gasteiger charge is -2.42. The Bertz CT molecular complexity index is 3070. The first-order chi connectivity index (χ1) is 27.8. The Labute approximate surface area is 333 Å².